The van der Waals surface area contributed by atoms with Crippen molar-refractivity contribution in [1.82, 2.24) is 4.98 Å². The van der Waals surface area contributed by atoms with Crippen molar-refractivity contribution in [2.45, 2.75) is 4.90 Å². The van der Waals surface area contributed by atoms with Gasteiger partial charge in [-0.05, 0) is 30.3 Å². The van der Waals surface area contributed by atoms with E-state index in [0.29, 0.717) is 23.3 Å². The molecule has 1 aromatic carbocycles. The number of sulfone groups is 1. The number of pyridine rings is 1. The lowest BCUT2D eigenvalue weighted by molar-refractivity contribution is 0.112. The number of benzene rings is 1. The van der Waals surface area contributed by atoms with Crippen molar-refractivity contribution in [3.8, 4) is 11.5 Å². The molecule has 0 saturated heterocycles. The second-order valence-electron chi connectivity index (χ2n) is 3.92. The number of rotatable bonds is 4. The summed E-state index contributed by atoms with van der Waals surface area (Å²) in [5.41, 5.74) is 0.408. The van der Waals surface area contributed by atoms with Gasteiger partial charge in [0.2, 0.25) is 0 Å². The minimum atomic E-state index is -3.22. The Kier molecular flexibility index (Phi) is 3.62. The number of ether oxygens (including phenoxy) is 1. The third kappa shape index (κ3) is 3.38. The molecule has 1 heterocycles. The molecule has 0 aliphatic rings. The number of hydrogen-bond acceptors (Lipinski definition) is 5. The maximum atomic E-state index is 11.3. The van der Waals surface area contributed by atoms with E-state index in [-0.39, 0.29) is 4.90 Å². The standard InChI is InChI=1S/C13H11NO4S/c1-19(16,17)13-4-2-11(3-5-13)18-12-6-10(9-15)7-14-8-12/h2-9H,1H3. The third-order valence-corrected chi connectivity index (χ3v) is 3.49. The Bertz CT molecular complexity index is 693. The molecule has 0 unspecified atom stereocenters. The molecule has 0 fully saturated rings. The predicted octanol–water partition coefficient (Wildman–Crippen LogP) is 2.09. The Morgan fingerprint density at radius 2 is 1.79 bits per heavy atom. The van der Waals surface area contributed by atoms with Crippen LogP contribution in [0.1, 0.15) is 10.4 Å². The molecule has 98 valence electrons. The molecular weight excluding hydrogens is 266 g/mol. The van der Waals surface area contributed by atoms with Crippen molar-refractivity contribution in [2.24, 2.45) is 0 Å². The van der Waals surface area contributed by atoms with Gasteiger partial charge in [-0.15, -0.1) is 0 Å². The van der Waals surface area contributed by atoms with Crippen molar-refractivity contribution in [3.05, 3.63) is 48.3 Å². The van der Waals surface area contributed by atoms with E-state index in [4.69, 9.17) is 4.74 Å². The third-order valence-electron chi connectivity index (χ3n) is 2.36. The monoisotopic (exact) mass is 277 g/mol. The molecule has 0 aliphatic heterocycles. The molecule has 0 aliphatic carbocycles. The Hall–Kier alpha value is -2.21. The molecule has 5 nitrogen and oxygen atoms in total. The van der Waals surface area contributed by atoms with Crippen molar-refractivity contribution in [2.75, 3.05) is 6.26 Å². The quantitative estimate of drug-likeness (QED) is 0.800. The summed E-state index contributed by atoms with van der Waals surface area (Å²) in [4.78, 5) is 14.7. The number of aldehydes is 1. The van der Waals surface area contributed by atoms with Gasteiger partial charge < -0.3 is 4.74 Å². The second kappa shape index (κ2) is 5.19. The zero-order chi connectivity index (χ0) is 13.9. The van der Waals surface area contributed by atoms with Gasteiger partial charge in [0.15, 0.2) is 16.1 Å². The number of hydrogen-bond donors (Lipinski definition) is 0. The van der Waals surface area contributed by atoms with Gasteiger partial charge in [0.25, 0.3) is 0 Å². The Morgan fingerprint density at radius 3 is 2.37 bits per heavy atom. The molecule has 6 heteroatoms. The molecular formula is C13H11NO4S. The lowest BCUT2D eigenvalue weighted by Gasteiger charge is -2.06. The fourth-order valence-corrected chi connectivity index (χ4v) is 2.08. The maximum absolute atomic E-state index is 11.3. The van der Waals surface area contributed by atoms with Crippen molar-refractivity contribution in [1.29, 1.82) is 0 Å². The first kappa shape index (κ1) is 13.2. The first-order valence-electron chi connectivity index (χ1n) is 5.37. The van der Waals surface area contributed by atoms with Gasteiger partial charge in [-0.2, -0.15) is 0 Å². The lowest BCUT2D eigenvalue weighted by atomic mass is 10.3. The summed E-state index contributed by atoms with van der Waals surface area (Å²) in [7, 11) is -3.22. The second-order valence-corrected chi connectivity index (χ2v) is 5.93. The minimum absolute atomic E-state index is 0.222. The van der Waals surface area contributed by atoms with E-state index in [1.54, 1.807) is 18.2 Å². The van der Waals surface area contributed by atoms with Gasteiger partial charge >= 0.3 is 0 Å². The topological polar surface area (TPSA) is 73.3 Å². The van der Waals surface area contributed by atoms with Crippen LogP contribution in [0.25, 0.3) is 0 Å². The lowest BCUT2D eigenvalue weighted by Crippen LogP contribution is -1.96. The summed E-state index contributed by atoms with van der Waals surface area (Å²) in [6.45, 7) is 0. The summed E-state index contributed by atoms with van der Waals surface area (Å²) in [6, 6.07) is 7.56. The van der Waals surface area contributed by atoms with Gasteiger partial charge in [-0.25, -0.2) is 8.42 Å². The predicted molar refractivity (Wildman–Crippen MR) is 69.3 cm³/mol. The van der Waals surface area contributed by atoms with Gasteiger partial charge in [0, 0.05) is 18.0 Å². The molecule has 2 rings (SSSR count). The van der Waals surface area contributed by atoms with Crippen molar-refractivity contribution in [3.63, 3.8) is 0 Å². The summed E-state index contributed by atoms with van der Waals surface area (Å²) in [6.07, 6.45) is 4.71. The largest absolute Gasteiger partial charge is 0.456 e. The number of carbonyl (C=O) groups is 1. The van der Waals surface area contributed by atoms with Crippen LogP contribution < -0.4 is 4.74 Å². The van der Waals surface area contributed by atoms with E-state index in [0.717, 1.165) is 6.26 Å². The van der Waals surface area contributed by atoms with Crippen LogP contribution in [-0.4, -0.2) is 25.9 Å². The Labute approximate surface area is 110 Å². The smallest absolute Gasteiger partial charge is 0.175 e. The molecule has 0 radical (unpaired) electrons. The Morgan fingerprint density at radius 1 is 1.11 bits per heavy atom. The zero-order valence-corrected chi connectivity index (χ0v) is 10.9. The Balaban J connectivity index is 2.22. The van der Waals surface area contributed by atoms with Crippen LogP contribution in [0.15, 0.2) is 47.6 Å². The first-order valence-corrected chi connectivity index (χ1v) is 7.26. The molecule has 0 spiro atoms. The highest BCUT2D eigenvalue weighted by Crippen LogP contribution is 2.22. The van der Waals surface area contributed by atoms with E-state index in [1.807, 2.05) is 0 Å². The fourth-order valence-electron chi connectivity index (χ4n) is 1.45. The van der Waals surface area contributed by atoms with Crippen LogP contribution in [0.4, 0.5) is 0 Å². The average molecular weight is 277 g/mol. The van der Waals surface area contributed by atoms with Crippen LogP contribution >= 0.6 is 0 Å². The SMILES string of the molecule is CS(=O)(=O)c1ccc(Oc2cncc(C=O)c2)cc1. The zero-order valence-electron chi connectivity index (χ0n) is 10.1. The minimum Gasteiger partial charge on any atom is -0.456 e. The molecule has 0 bridgehead atoms. The van der Waals surface area contributed by atoms with Crippen LogP contribution in [-0.2, 0) is 9.84 Å². The summed E-state index contributed by atoms with van der Waals surface area (Å²) in [5, 5.41) is 0. The average Bonchev–Trinajstić information content (AvgIpc) is 2.38. The highest BCUT2D eigenvalue weighted by atomic mass is 32.2. The number of aromatic nitrogens is 1. The van der Waals surface area contributed by atoms with Gasteiger partial charge in [0.05, 0.1) is 11.1 Å². The van der Waals surface area contributed by atoms with E-state index in [2.05, 4.69) is 4.98 Å². The molecule has 2 aromatic rings. The first-order chi connectivity index (χ1) is 8.99. The fraction of sp³-hybridized carbons (Fsp3) is 0.0769. The summed E-state index contributed by atoms with van der Waals surface area (Å²) < 4.78 is 28.1. The van der Waals surface area contributed by atoms with Gasteiger partial charge in [0.1, 0.15) is 11.5 Å². The van der Waals surface area contributed by atoms with Crippen LogP contribution in [0.5, 0.6) is 11.5 Å². The summed E-state index contributed by atoms with van der Waals surface area (Å²) in [5.74, 6) is 0.883. The molecule has 1 aromatic heterocycles. The van der Waals surface area contributed by atoms with E-state index < -0.39 is 9.84 Å². The van der Waals surface area contributed by atoms with E-state index in [1.165, 1.54) is 24.5 Å². The number of nitrogens with zero attached hydrogens (tertiary/aromatic N) is 1. The molecule has 0 amide bonds. The normalized spacial score (nSPS) is 11.0. The van der Waals surface area contributed by atoms with Gasteiger partial charge in [-0.3, -0.25) is 9.78 Å². The van der Waals surface area contributed by atoms with E-state index >= 15 is 0 Å². The molecule has 0 atom stereocenters. The number of carbonyl (C=O) groups excluding carboxylic acids is 1. The molecule has 0 saturated carbocycles. The van der Waals surface area contributed by atoms with Crippen LogP contribution in [0.3, 0.4) is 0 Å². The van der Waals surface area contributed by atoms with E-state index in [9.17, 15) is 13.2 Å². The maximum Gasteiger partial charge on any atom is 0.175 e. The highest BCUT2D eigenvalue weighted by Gasteiger charge is 2.07. The van der Waals surface area contributed by atoms with Crippen LogP contribution in [0, 0.1) is 0 Å². The highest BCUT2D eigenvalue weighted by molar-refractivity contribution is 7.90. The van der Waals surface area contributed by atoms with Gasteiger partial charge in [-0.1, -0.05) is 0 Å². The molecule has 0 N–H and O–H groups in total. The van der Waals surface area contributed by atoms with Crippen LogP contribution in [0.2, 0.25) is 0 Å². The molecule has 19 heavy (non-hydrogen) atoms. The van der Waals surface area contributed by atoms with Crippen molar-refractivity contribution >= 4 is 16.1 Å². The van der Waals surface area contributed by atoms with Crippen molar-refractivity contribution < 1.29 is 17.9 Å². The summed E-state index contributed by atoms with van der Waals surface area (Å²) >= 11 is 0.